The summed E-state index contributed by atoms with van der Waals surface area (Å²) in [6.45, 7) is 0. The van der Waals surface area contributed by atoms with Crippen molar-refractivity contribution in [2.24, 2.45) is 0 Å². The van der Waals surface area contributed by atoms with Gasteiger partial charge in [0, 0.05) is 5.92 Å². The number of hydrogen-bond acceptors (Lipinski definition) is 0. The molecule has 2 aromatic rings. The van der Waals surface area contributed by atoms with E-state index in [1.165, 1.54) is 16.7 Å². The Hall–Kier alpha value is -2.08. The lowest BCUT2D eigenvalue weighted by Crippen LogP contribution is -1.97. The molecule has 0 saturated heterocycles. The van der Waals surface area contributed by atoms with Crippen molar-refractivity contribution in [1.82, 2.24) is 0 Å². The van der Waals surface area contributed by atoms with Gasteiger partial charge in [-0.05, 0) is 23.1 Å². The summed E-state index contributed by atoms with van der Waals surface area (Å²) in [7, 11) is 0. The highest BCUT2D eigenvalue weighted by Gasteiger charge is 2.11. The van der Waals surface area contributed by atoms with Crippen LogP contribution in [0, 0.1) is 0 Å². The molecule has 18 heavy (non-hydrogen) atoms. The topological polar surface area (TPSA) is 0 Å². The average Bonchev–Trinajstić information content (AvgIpc) is 2.49. The smallest absolute Gasteiger partial charge is 0.0204 e. The van der Waals surface area contributed by atoms with Crippen LogP contribution in [-0.4, -0.2) is 0 Å². The highest BCUT2D eigenvalue weighted by atomic mass is 14.2. The highest BCUT2D eigenvalue weighted by Crippen LogP contribution is 2.30. The summed E-state index contributed by atoms with van der Waals surface area (Å²) >= 11 is 0. The summed E-state index contributed by atoms with van der Waals surface area (Å²) < 4.78 is 0. The molecule has 1 atom stereocenters. The molecule has 0 N–H and O–H groups in total. The summed E-state index contributed by atoms with van der Waals surface area (Å²) in [6.07, 6.45) is 7.99. The third-order valence-corrected chi connectivity index (χ3v) is 3.39. The van der Waals surface area contributed by atoms with Crippen molar-refractivity contribution in [2.75, 3.05) is 0 Å². The molecule has 1 unspecified atom stereocenters. The predicted octanol–water partition coefficient (Wildman–Crippen LogP) is 4.81. The summed E-state index contributed by atoms with van der Waals surface area (Å²) in [6, 6.07) is 21.3. The van der Waals surface area contributed by atoms with E-state index in [1.807, 2.05) is 0 Å². The number of allylic oxidation sites excluding steroid dienone is 4. The summed E-state index contributed by atoms with van der Waals surface area (Å²) in [5.74, 6) is 0.412. The van der Waals surface area contributed by atoms with Crippen LogP contribution in [0.5, 0.6) is 0 Å². The lowest BCUT2D eigenvalue weighted by Gasteiger charge is -2.16. The third-order valence-electron chi connectivity index (χ3n) is 3.39. The molecule has 0 nitrogen and oxygen atoms in total. The van der Waals surface area contributed by atoms with Crippen LogP contribution in [0.15, 0.2) is 78.9 Å². The molecule has 3 rings (SSSR count). The van der Waals surface area contributed by atoms with E-state index in [-0.39, 0.29) is 0 Å². The Kier molecular flexibility index (Phi) is 3.10. The van der Waals surface area contributed by atoms with E-state index in [0.29, 0.717) is 5.92 Å². The van der Waals surface area contributed by atoms with Gasteiger partial charge in [0.25, 0.3) is 0 Å². The van der Waals surface area contributed by atoms with Crippen LogP contribution in [0.25, 0.3) is 5.57 Å². The van der Waals surface area contributed by atoms with Gasteiger partial charge in [-0.3, -0.25) is 0 Å². The minimum Gasteiger partial charge on any atom is -0.0832 e. The Morgan fingerprint density at radius 2 is 1.44 bits per heavy atom. The van der Waals surface area contributed by atoms with Crippen molar-refractivity contribution in [3.05, 3.63) is 90.0 Å². The fraction of sp³-hybridized carbons (Fsp3) is 0.111. The fourth-order valence-corrected chi connectivity index (χ4v) is 2.43. The van der Waals surface area contributed by atoms with E-state index in [2.05, 4.69) is 78.9 Å². The molecule has 0 aromatic heterocycles. The fourth-order valence-electron chi connectivity index (χ4n) is 2.43. The standard InChI is InChI=1S/C18H16/c1-3-8-15(9-4-1)17-12-7-13-18(14-17)16-10-5-2-6-11-16/h1-12,14,17H,13H2. The molecular formula is C18H16. The minimum absolute atomic E-state index is 0.412. The average molecular weight is 232 g/mol. The van der Waals surface area contributed by atoms with E-state index in [4.69, 9.17) is 0 Å². The second-order valence-corrected chi connectivity index (χ2v) is 4.63. The van der Waals surface area contributed by atoms with Crippen LogP contribution in [0.2, 0.25) is 0 Å². The quantitative estimate of drug-likeness (QED) is 0.651. The molecule has 0 fully saturated rings. The van der Waals surface area contributed by atoms with Crippen molar-refractivity contribution < 1.29 is 0 Å². The van der Waals surface area contributed by atoms with Crippen LogP contribution in [0.1, 0.15) is 23.5 Å². The van der Waals surface area contributed by atoms with E-state index in [0.717, 1.165) is 6.42 Å². The second kappa shape index (κ2) is 5.05. The second-order valence-electron chi connectivity index (χ2n) is 4.63. The summed E-state index contributed by atoms with van der Waals surface area (Å²) in [4.78, 5) is 0. The van der Waals surface area contributed by atoms with Crippen LogP contribution < -0.4 is 0 Å². The zero-order chi connectivity index (χ0) is 12.2. The van der Waals surface area contributed by atoms with Crippen molar-refractivity contribution in [3.8, 4) is 0 Å². The molecule has 0 bridgehead atoms. The largest absolute Gasteiger partial charge is 0.0832 e. The Bertz CT molecular complexity index is 562. The number of rotatable bonds is 2. The van der Waals surface area contributed by atoms with Crippen molar-refractivity contribution in [3.63, 3.8) is 0 Å². The highest BCUT2D eigenvalue weighted by molar-refractivity contribution is 5.69. The molecule has 0 heteroatoms. The van der Waals surface area contributed by atoms with Crippen molar-refractivity contribution in [2.45, 2.75) is 12.3 Å². The molecule has 1 aliphatic carbocycles. The normalized spacial score (nSPS) is 18.4. The van der Waals surface area contributed by atoms with E-state index < -0.39 is 0 Å². The zero-order valence-corrected chi connectivity index (χ0v) is 10.3. The van der Waals surface area contributed by atoms with Gasteiger partial charge in [-0.15, -0.1) is 0 Å². The summed E-state index contributed by atoms with van der Waals surface area (Å²) in [5, 5.41) is 0. The molecule has 2 aromatic carbocycles. The first-order chi connectivity index (χ1) is 8.93. The van der Waals surface area contributed by atoms with Crippen LogP contribution in [0.4, 0.5) is 0 Å². The van der Waals surface area contributed by atoms with Gasteiger partial charge >= 0.3 is 0 Å². The van der Waals surface area contributed by atoms with Crippen molar-refractivity contribution >= 4 is 5.57 Å². The lowest BCUT2D eigenvalue weighted by atomic mass is 9.88. The minimum atomic E-state index is 0.412. The van der Waals surface area contributed by atoms with Gasteiger partial charge in [-0.1, -0.05) is 78.9 Å². The van der Waals surface area contributed by atoms with Gasteiger partial charge in [-0.25, -0.2) is 0 Å². The predicted molar refractivity (Wildman–Crippen MR) is 77.4 cm³/mol. The van der Waals surface area contributed by atoms with Gasteiger partial charge in [-0.2, -0.15) is 0 Å². The number of hydrogen-bond donors (Lipinski definition) is 0. The monoisotopic (exact) mass is 232 g/mol. The van der Waals surface area contributed by atoms with Gasteiger partial charge in [0.1, 0.15) is 0 Å². The summed E-state index contributed by atoms with van der Waals surface area (Å²) in [5.41, 5.74) is 4.12. The lowest BCUT2D eigenvalue weighted by molar-refractivity contribution is 1.05. The van der Waals surface area contributed by atoms with Gasteiger partial charge in [0.15, 0.2) is 0 Å². The molecule has 0 spiro atoms. The Morgan fingerprint density at radius 3 is 2.17 bits per heavy atom. The maximum Gasteiger partial charge on any atom is 0.0204 e. The van der Waals surface area contributed by atoms with Crippen LogP contribution in [-0.2, 0) is 0 Å². The van der Waals surface area contributed by atoms with Crippen LogP contribution >= 0.6 is 0 Å². The Labute approximate surface area is 108 Å². The van der Waals surface area contributed by atoms with E-state index in [9.17, 15) is 0 Å². The molecule has 0 amide bonds. The van der Waals surface area contributed by atoms with Crippen molar-refractivity contribution in [1.29, 1.82) is 0 Å². The number of benzene rings is 2. The first-order valence-electron chi connectivity index (χ1n) is 6.41. The first-order valence-corrected chi connectivity index (χ1v) is 6.41. The Balaban J connectivity index is 1.93. The Morgan fingerprint density at radius 1 is 0.778 bits per heavy atom. The zero-order valence-electron chi connectivity index (χ0n) is 10.3. The molecule has 0 aliphatic heterocycles. The van der Waals surface area contributed by atoms with E-state index >= 15 is 0 Å². The van der Waals surface area contributed by atoms with Gasteiger partial charge in [0.05, 0.1) is 0 Å². The first kappa shape index (κ1) is 11.0. The third kappa shape index (κ3) is 2.28. The molecule has 0 heterocycles. The van der Waals surface area contributed by atoms with E-state index in [1.54, 1.807) is 0 Å². The molecule has 0 saturated carbocycles. The van der Waals surface area contributed by atoms with Gasteiger partial charge < -0.3 is 0 Å². The molecular weight excluding hydrogens is 216 g/mol. The molecule has 88 valence electrons. The molecule has 1 aliphatic rings. The van der Waals surface area contributed by atoms with Gasteiger partial charge in [0.2, 0.25) is 0 Å². The SMILES string of the molecule is C1=CC(c2ccccc2)C=C(c2ccccc2)C1. The van der Waals surface area contributed by atoms with Crippen LogP contribution in [0.3, 0.4) is 0 Å². The maximum absolute atomic E-state index is 2.38. The molecule has 0 radical (unpaired) electrons. The maximum atomic E-state index is 2.38.